The minimum atomic E-state index is -3.78. The first kappa shape index (κ1) is 21.9. The molecule has 5 rings (SSSR count). The molecule has 3 aromatic rings. The van der Waals surface area contributed by atoms with Crippen LogP contribution < -0.4 is 14.8 Å². The zero-order valence-electron chi connectivity index (χ0n) is 18.2. The monoisotopic (exact) mass is 480 g/mol. The fraction of sp³-hybridized carbons (Fsp3) is 0.231. The number of benzene rings is 3. The van der Waals surface area contributed by atoms with Crippen LogP contribution in [0.2, 0.25) is 5.02 Å². The third-order valence-corrected chi connectivity index (χ3v) is 7.92. The second kappa shape index (κ2) is 8.76. The summed E-state index contributed by atoms with van der Waals surface area (Å²) in [7, 11) is -3.78. The Bertz CT molecular complexity index is 1310. The van der Waals surface area contributed by atoms with E-state index >= 15 is 0 Å². The van der Waals surface area contributed by atoms with Crippen LogP contribution in [0.3, 0.4) is 0 Å². The van der Waals surface area contributed by atoms with Gasteiger partial charge in [0.05, 0.1) is 23.2 Å². The van der Waals surface area contributed by atoms with Gasteiger partial charge < -0.3 is 10.1 Å². The van der Waals surface area contributed by atoms with Crippen LogP contribution in [0, 0.1) is 5.92 Å². The number of nitrogens with one attached hydrogen (secondary N) is 2. The highest BCUT2D eigenvalue weighted by atomic mass is 35.5. The lowest BCUT2D eigenvalue weighted by Gasteiger charge is -2.37. The van der Waals surface area contributed by atoms with Crippen molar-refractivity contribution in [1.29, 1.82) is 0 Å². The van der Waals surface area contributed by atoms with E-state index in [1.54, 1.807) is 30.3 Å². The number of para-hydroxylation sites is 2. The van der Waals surface area contributed by atoms with Gasteiger partial charge in [0.25, 0.3) is 10.0 Å². The number of anilines is 2. The van der Waals surface area contributed by atoms with Crippen LogP contribution >= 0.6 is 11.6 Å². The molecule has 1 heterocycles. The van der Waals surface area contributed by atoms with Gasteiger partial charge in [0, 0.05) is 16.6 Å². The van der Waals surface area contributed by atoms with Gasteiger partial charge >= 0.3 is 0 Å². The van der Waals surface area contributed by atoms with E-state index in [0.29, 0.717) is 29.0 Å². The maximum Gasteiger partial charge on any atom is 0.262 e. The number of allylic oxidation sites excluding steroid dienone is 2. The molecule has 1 aliphatic heterocycles. The Hall–Kier alpha value is -2.96. The van der Waals surface area contributed by atoms with Gasteiger partial charge in [-0.1, -0.05) is 48.0 Å². The number of halogens is 1. The zero-order chi connectivity index (χ0) is 23.0. The number of fused-ring (bicyclic) bond motifs is 3. The molecule has 0 fully saturated rings. The molecule has 3 atom stereocenters. The third kappa shape index (κ3) is 4.21. The van der Waals surface area contributed by atoms with E-state index in [9.17, 15) is 8.42 Å². The standard InChI is InChI=1S/C26H25ClN2O3S/c1-2-32-25-9-4-3-8-24(25)29-33(30,31)19-14-15-23-22(16-19)20-6-5-7-21(20)26(28-23)17-10-12-18(27)13-11-17/h3-6,8-16,20-21,26,28-29H,2,7H2,1H3/t20-,21+,26+/m0/s1. The van der Waals surface area contributed by atoms with Crippen molar-refractivity contribution in [3.8, 4) is 5.75 Å². The molecule has 0 aromatic heterocycles. The first-order chi connectivity index (χ1) is 16.0. The summed E-state index contributed by atoms with van der Waals surface area (Å²) in [6.07, 6.45) is 5.32. The van der Waals surface area contributed by atoms with Crippen LogP contribution in [0.15, 0.2) is 83.8 Å². The van der Waals surface area contributed by atoms with Gasteiger partial charge in [0.15, 0.2) is 0 Å². The lowest BCUT2D eigenvalue weighted by atomic mass is 9.77. The Morgan fingerprint density at radius 2 is 1.88 bits per heavy atom. The fourth-order valence-corrected chi connectivity index (χ4v) is 6.01. The molecule has 1 aliphatic carbocycles. The van der Waals surface area contributed by atoms with Gasteiger partial charge in [-0.05, 0) is 72.9 Å². The smallest absolute Gasteiger partial charge is 0.262 e. The molecule has 0 radical (unpaired) electrons. The minimum absolute atomic E-state index is 0.133. The quantitative estimate of drug-likeness (QED) is 0.402. The van der Waals surface area contributed by atoms with Gasteiger partial charge in [-0.15, -0.1) is 0 Å². The maximum atomic E-state index is 13.2. The van der Waals surface area contributed by atoms with Crippen molar-refractivity contribution in [2.75, 3.05) is 16.6 Å². The van der Waals surface area contributed by atoms with Crippen molar-refractivity contribution < 1.29 is 13.2 Å². The van der Waals surface area contributed by atoms with E-state index in [1.165, 1.54) is 5.56 Å². The van der Waals surface area contributed by atoms with E-state index in [2.05, 4.69) is 34.3 Å². The van der Waals surface area contributed by atoms with Crippen LogP contribution in [0.25, 0.3) is 0 Å². The molecule has 2 aliphatic rings. The molecule has 2 N–H and O–H groups in total. The summed E-state index contributed by atoms with van der Waals surface area (Å²) in [6.45, 7) is 2.32. The van der Waals surface area contributed by atoms with Crippen molar-refractivity contribution in [2.45, 2.75) is 30.2 Å². The summed E-state index contributed by atoms with van der Waals surface area (Å²) in [4.78, 5) is 0.235. The molecule has 0 bridgehead atoms. The Balaban J connectivity index is 1.47. The summed E-state index contributed by atoms with van der Waals surface area (Å²) < 4.78 is 34.7. The second-order valence-electron chi connectivity index (χ2n) is 8.31. The molecule has 0 spiro atoms. The molecular formula is C26H25ClN2O3S. The summed E-state index contributed by atoms with van der Waals surface area (Å²) in [5.41, 5.74) is 3.56. The molecule has 5 nitrogen and oxygen atoms in total. The largest absolute Gasteiger partial charge is 0.492 e. The van der Waals surface area contributed by atoms with Gasteiger partial charge in [0.2, 0.25) is 0 Å². The van der Waals surface area contributed by atoms with E-state index in [1.807, 2.05) is 31.2 Å². The van der Waals surface area contributed by atoms with E-state index < -0.39 is 10.0 Å². The molecule has 0 unspecified atom stereocenters. The van der Waals surface area contributed by atoms with Crippen molar-refractivity contribution >= 4 is 33.0 Å². The Labute approximate surface area is 199 Å². The molecule has 0 saturated carbocycles. The van der Waals surface area contributed by atoms with Crippen LogP contribution in [0.4, 0.5) is 11.4 Å². The Morgan fingerprint density at radius 3 is 2.67 bits per heavy atom. The van der Waals surface area contributed by atoms with E-state index in [0.717, 1.165) is 17.7 Å². The van der Waals surface area contributed by atoms with Gasteiger partial charge in [-0.25, -0.2) is 8.42 Å². The first-order valence-corrected chi connectivity index (χ1v) is 12.9. The highest BCUT2D eigenvalue weighted by molar-refractivity contribution is 7.92. The predicted molar refractivity (Wildman–Crippen MR) is 133 cm³/mol. The van der Waals surface area contributed by atoms with Crippen molar-refractivity contribution in [1.82, 2.24) is 0 Å². The molecule has 170 valence electrons. The lowest BCUT2D eigenvalue weighted by molar-refractivity contribution is 0.342. The molecule has 7 heteroatoms. The second-order valence-corrected chi connectivity index (χ2v) is 10.4. The first-order valence-electron chi connectivity index (χ1n) is 11.0. The topological polar surface area (TPSA) is 67.4 Å². The van der Waals surface area contributed by atoms with Crippen LogP contribution in [0.5, 0.6) is 5.75 Å². The van der Waals surface area contributed by atoms with E-state index in [4.69, 9.17) is 16.3 Å². The summed E-state index contributed by atoms with van der Waals surface area (Å²) in [5.74, 6) is 0.962. The number of sulfonamides is 1. The predicted octanol–water partition coefficient (Wildman–Crippen LogP) is 6.37. The average Bonchev–Trinajstić information content (AvgIpc) is 3.30. The fourth-order valence-electron chi connectivity index (χ4n) is 4.78. The summed E-state index contributed by atoms with van der Waals surface area (Å²) in [5, 5.41) is 4.35. The summed E-state index contributed by atoms with van der Waals surface area (Å²) in [6, 6.07) is 20.4. The van der Waals surface area contributed by atoms with Crippen molar-refractivity contribution in [3.05, 3.63) is 95.0 Å². The van der Waals surface area contributed by atoms with Crippen LogP contribution in [-0.4, -0.2) is 15.0 Å². The van der Waals surface area contributed by atoms with Gasteiger partial charge in [-0.2, -0.15) is 0 Å². The normalized spacial score (nSPS) is 21.1. The molecule has 33 heavy (non-hydrogen) atoms. The highest BCUT2D eigenvalue weighted by Crippen LogP contribution is 2.50. The number of hydrogen-bond acceptors (Lipinski definition) is 4. The molecule has 3 aromatic carbocycles. The lowest BCUT2D eigenvalue weighted by Crippen LogP contribution is -2.29. The van der Waals surface area contributed by atoms with Crippen molar-refractivity contribution in [3.63, 3.8) is 0 Å². The third-order valence-electron chi connectivity index (χ3n) is 6.30. The minimum Gasteiger partial charge on any atom is -0.492 e. The molecular weight excluding hydrogens is 456 g/mol. The number of hydrogen-bond donors (Lipinski definition) is 2. The van der Waals surface area contributed by atoms with E-state index in [-0.39, 0.29) is 16.9 Å². The van der Waals surface area contributed by atoms with Gasteiger partial charge in [-0.3, -0.25) is 4.72 Å². The summed E-state index contributed by atoms with van der Waals surface area (Å²) >= 11 is 6.08. The van der Waals surface area contributed by atoms with Crippen molar-refractivity contribution in [2.24, 2.45) is 5.92 Å². The van der Waals surface area contributed by atoms with Gasteiger partial charge in [0.1, 0.15) is 5.75 Å². The van der Waals surface area contributed by atoms with Crippen LogP contribution in [-0.2, 0) is 10.0 Å². The zero-order valence-corrected chi connectivity index (χ0v) is 19.7. The average molecular weight is 481 g/mol. The van der Waals surface area contributed by atoms with Crippen LogP contribution in [0.1, 0.15) is 36.4 Å². The molecule has 0 saturated heterocycles. The maximum absolute atomic E-state index is 13.2. The number of ether oxygens (including phenoxy) is 1. The molecule has 0 amide bonds. The Morgan fingerprint density at radius 1 is 1.09 bits per heavy atom. The Kier molecular flexibility index (Phi) is 5.81. The highest BCUT2D eigenvalue weighted by Gasteiger charge is 2.38. The SMILES string of the molecule is CCOc1ccccc1NS(=O)(=O)c1ccc2c(c1)[C@H]1C=CC[C@H]1[C@@H](c1ccc(Cl)cc1)N2. The number of rotatable bonds is 6.